The number of β-lactam (4-membered cyclic amide) rings is 1. The molecule has 0 saturated carbocycles. The molecule has 3 atom stereocenters. The number of nitrogens with one attached hydrogen (secondary N) is 1. The minimum Gasteiger partial charge on any atom is -0.546 e. The predicted molar refractivity (Wildman–Crippen MR) is 184 cm³/mol. The third-order valence-corrected chi connectivity index (χ3v) is 13.0. The van der Waals surface area contributed by atoms with E-state index in [-0.39, 0.29) is 74.4 Å². The first-order valence-electron chi connectivity index (χ1n) is 16.9. The van der Waals surface area contributed by atoms with Gasteiger partial charge in [0.15, 0.2) is 39.5 Å². The first-order valence-corrected chi connectivity index (χ1v) is 18.7. The number of aromatic hydroxyl groups is 2. The van der Waals surface area contributed by atoms with Crippen molar-refractivity contribution in [2.24, 2.45) is 16.5 Å². The largest absolute Gasteiger partial charge is 1.00 e. The number of carboxylic acids is 2. The van der Waals surface area contributed by atoms with Crippen LogP contribution in [-0.2, 0) is 24.0 Å². The van der Waals surface area contributed by atoms with Gasteiger partial charge in [0, 0.05) is 59.4 Å². The molecule has 0 radical (unpaired) electrons. The number of aromatic nitrogens is 1. The molecule has 2 amide bonds. The van der Waals surface area contributed by atoms with Crippen LogP contribution in [0.1, 0.15) is 62.5 Å². The predicted octanol–water partition coefficient (Wildman–Crippen LogP) is -3.16. The number of carboxylic acid groups (broad SMARTS) is 2. The van der Waals surface area contributed by atoms with E-state index in [1.54, 1.807) is 0 Å². The molecule has 2 bridgehead atoms. The molecule has 5 aliphatic heterocycles. The van der Waals surface area contributed by atoms with Crippen molar-refractivity contribution in [2.75, 3.05) is 38.5 Å². The Morgan fingerprint density at radius 1 is 1.19 bits per heavy atom. The third kappa shape index (κ3) is 7.84. The molecule has 284 valence electrons. The molecule has 1 aromatic carbocycles. The Bertz CT molecular complexity index is 1920. The van der Waals surface area contributed by atoms with Crippen LogP contribution in [0.2, 0.25) is 0 Å². The summed E-state index contributed by atoms with van der Waals surface area (Å²) in [7, 11) is 0. The molecule has 4 saturated heterocycles. The van der Waals surface area contributed by atoms with Gasteiger partial charge in [0.2, 0.25) is 5.91 Å². The van der Waals surface area contributed by atoms with Gasteiger partial charge in [0.05, 0.1) is 48.6 Å². The zero-order chi connectivity index (χ0) is 38.6. The van der Waals surface area contributed by atoms with E-state index in [0.717, 1.165) is 42.7 Å². The zero-order valence-corrected chi connectivity index (χ0v) is 33.7. The van der Waals surface area contributed by atoms with Crippen molar-refractivity contribution >= 4 is 63.5 Å². The minimum atomic E-state index is -1.89. The molecule has 7 rings (SSSR count). The number of hydrogen-bond acceptors (Lipinski definition) is 15. The summed E-state index contributed by atoms with van der Waals surface area (Å²) in [5.74, 6) is -8.56. The summed E-state index contributed by atoms with van der Waals surface area (Å²) in [5.41, 5.74) is 3.60. The number of thioether (sulfide) groups is 1. The molecule has 5 N–H and O–H groups in total. The zero-order valence-electron chi connectivity index (χ0n) is 30.0. The molecular formula is C34H38FN6NaO10S2. The Kier molecular flexibility index (Phi) is 11.8. The van der Waals surface area contributed by atoms with Crippen LogP contribution in [-0.4, -0.2) is 109 Å². The van der Waals surface area contributed by atoms with E-state index in [9.17, 15) is 48.8 Å². The fourth-order valence-corrected chi connectivity index (χ4v) is 9.44. The number of quaternary nitrogens is 1. The van der Waals surface area contributed by atoms with Gasteiger partial charge in [-0.3, -0.25) is 19.3 Å². The second kappa shape index (κ2) is 15.4. The Morgan fingerprint density at radius 2 is 1.83 bits per heavy atom. The third-order valence-electron chi connectivity index (χ3n) is 10.8. The SMILES string of the molecule is C[C@@H]1S[C@@H]2[C@H](CC(=O)/C(=N\OC(C)(C)C(=O)[O-])c3csc(N)n3)C(=O)N2C(C(=O)[O-])=C1C[N+]12CCC(CNC(=O)c3cc(O)c(O)c(F)c3)(CC1)CC2.[Na+]. The van der Waals surface area contributed by atoms with E-state index in [1.807, 2.05) is 6.92 Å². The number of hydrogen-bond donors (Lipinski definition) is 4. The first kappa shape index (κ1) is 41.4. The number of rotatable bonds is 13. The van der Waals surface area contributed by atoms with Crippen LogP contribution in [0.5, 0.6) is 11.5 Å². The second-order valence-corrected chi connectivity index (χ2v) is 17.0. The van der Waals surface area contributed by atoms with Gasteiger partial charge in [-0.05, 0) is 32.9 Å². The molecule has 0 unspecified atom stereocenters. The topological polar surface area (TPSA) is 248 Å². The number of nitrogens with zero attached hydrogens (tertiary/aromatic N) is 4. The van der Waals surface area contributed by atoms with E-state index >= 15 is 0 Å². The number of anilines is 1. The number of aliphatic carboxylic acids is 2. The van der Waals surface area contributed by atoms with Crippen LogP contribution in [0.4, 0.5) is 9.52 Å². The first-order chi connectivity index (χ1) is 24.9. The van der Waals surface area contributed by atoms with Crippen molar-refractivity contribution in [1.29, 1.82) is 0 Å². The monoisotopic (exact) mass is 796 g/mol. The number of nitrogen functional groups attached to an aromatic ring is 1. The quantitative estimate of drug-likeness (QED) is 0.0391. The smallest absolute Gasteiger partial charge is 0.546 e. The Balaban J connectivity index is 0.00000561. The number of halogens is 1. The number of amides is 2. The molecule has 0 aliphatic carbocycles. The number of carbonyl (C=O) groups is 5. The van der Waals surface area contributed by atoms with Crippen LogP contribution in [0.15, 0.2) is 33.9 Å². The molecule has 16 nitrogen and oxygen atoms in total. The van der Waals surface area contributed by atoms with Crippen molar-refractivity contribution in [3.05, 3.63) is 45.9 Å². The van der Waals surface area contributed by atoms with Crippen LogP contribution in [0.25, 0.3) is 0 Å². The number of ketones is 1. The summed E-state index contributed by atoms with van der Waals surface area (Å²) in [5, 5.41) is 50.5. The fraction of sp³-hybridized carbons (Fsp3) is 0.500. The summed E-state index contributed by atoms with van der Waals surface area (Å²) in [6.07, 6.45) is 1.81. The number of thiazole rings is 1. The van der Waals surface area contributed by atoms with Crippen molar-refractivity contribution in [2.45, 2.75) is 62.7 Å². The molecule has 4 fully saturated rings. The number of nitrogens with two attached hydrogens (primary N) is 1. The fourth-order valence-electron chi connectivity index (χ4n) is 7.39. The van der Waals surface area contributed by atoms with Gasteiger partial charge in [-0.1, -0.05) is 5.16 Å². The van der Waals surface area contributed by atoms with Gasteiger partial charge in [0.25, 0.3) is 5.91 Å². The van der Waals surface area contributed by atoms with E-state index in [2.05, 4.69) is 15.5 Å². The Hall–Kier alpha value is -3.75. The number of phenols is 2. The van der Waals surface area contributed by atoms with Crippen LogP contribution >= 0.6 is 23.1 Å². The number of Topliss-reactive ketones (excluding diaryl/α,β-unsaturated/α-hetero) is 1. The van der Waals surface area contributed by atoms with Gasteiger partial charge in [0.1, 0.15) is 12.2 Å². The Morgan fingerprint density at radius 3 is 2.39 bits per heavy atom. The number of piperidine rings is 3. The average molecular weight is 797 g/mol. The van der Waals surface area contributed by atoms with E-state index < -0.39 is 63.7 Å². The van der Waals surface area contributed by atoms with E-state index in [0.29, 0.717) is 42.8 Å². The molecule has 2 aromatic rings. The molecule has 5 aliphatic rings. The molecule has 0 spiro atoms. The number of phenolic OH excluding ortho intramolecular Hbond substituents is 2. The molecule has 54 heavy (non-hydrogen) atoms. The molecule has 6 heterocycles. The van der Waals surface area contributed by atoms with Crippen LogP contribution in [0, 0.1) is 17.2 Å². The minimum absolute atomic E-state index is 0. The van der Waals surface area contributed by atoms with Gasteiger partial charge < -0.3 is 50.4 Å². The van der Waals surface area contributed by atoms with E-state index in [1.165, 1.54) is 35.9 Å². The number of carbonyl (C=O) groups excluding carboxylic acids is 5. The van der Waals surface area contributed by atoms with E-state index in [4.69, 9.17) is 10.6 Å². The summed E-state index contributed by atoms with van der Waals surface area (Å²) < 4.78 is 14.5. The number of fused-ring (bicyclic) bond motifs is 4. The number of oxime groups is 1. The van der Waals surface area contributed by atoms with Gasteiger partial charge in [-0.15, -0.1) is 23.1 Å². The summed E-state index contributed by atoms with van der Waals surface area (Å²) in [6.45, 7) is 7.02. The maximum Gasteiger partial charge on any atom is 1.00 e. The van der Waals surface area contributed by atoms with Gasteiger partial charge >= 0.3 is 29.6 Å². The maximum atomic E-state index is 13.9. The summed E-state index contributed by atoms with van der Waals surface area (Å²) in [4.78, 5) is 74.4. The van der Waals surface area contributed by atoms with Crippen LogP contribution in [0.3, 0.4) is 0 Å². The average Bonchev–Trinajstić information content (AvgIpc) is 3.55. The molecule has 1 aromatic heterocycles. The van der Waals surface area contributed by atoms with Crippen molar-refractivity contribution < 1.29 is 87.7 Å². The van der Waals surface area contributed by atoms with Gasteiger partial charge in [-0.2, -0.15) is 0 Å². The van der Waals surface area contributed by atoms with Crippen molar-refractivity contribution in [1.82, 2.24) is 15.2 Å². The normalized spacial score (nSPS) is 26.4. The van der Waals surface area contributed by atoms with Gasteiger partial charge in [-0.25, -0.2) is 9.37 Å². The van der Waals surface area contributed by atoms with Crippen molar-refractivity contribution in [3.63, 3.8) is 0 Å². The Labute approximate surface area is 339 Å². The maximum absolute atomic E-state index is 13.9. The number of benzene rings is 1. The summed E-state index contributed by atoms with van der Waals surface area (Å²) >= 11 is 2.39. The second-order valence-electron chi connectivity index (χ2n) is 14.6. The van der Waals surface area contributed by atoms with Crippen molar-refractivity contribution in [3.8, 4) is 11.5 Å². The molecular weight excluding hydrogens is 759 g/mol. The molecule has 20 heteroatoms. The van der Waals surface area contributed by atoms with Crippen LogP contribution < -0.4 is 50.8 Å². The standard InChI is InChI=1S/C34H39FN6O10S2.Na/c1-16-19(13-41-7-4-34(5-8-41,6-9-41)15-37-27(45)17-10-20(35)26(44)23(43)11-17)25(30(47)48)40-28(46)18(29(40)53-16)12-22(42)24(21-14-52-32(36)38-21)39-51-33(2,3)31(49)50;/h10-11,14,16,18,29H,4-9,12-13,15H2,1-3H3,(H6-,36,37,38,39,42,43,44,45,47,48,49,50);/q;+1/p-1/t16-,18+,29+,34?,41?;/m0./s1. The summed E-state index contributed by atoms with van der Waals surface area (Å²) in [6, 6.07) is 1.85.